The van der Waals surface area contributed by atoms with Gasteiger partial charge in [-0.3, -0.25) is 4.79 Å². The fraction of sp³-hybridized carbons (Fsp3) is 0.435. The van der Waals surface area contributed by atoms with E-state index in [0.29, 0.717) is 12.1 Å². The SMILES string of the molecule is COc1ccc(C(=O)NCCCN(C)CCCN(C)Cc2ccccc2)cc1. The molecule has 5 nitrogen and oxygen atoms in total. The summed E-state index contributed by atoms with van der Waals surface area (Å²) in [6, 6.07) is 17.7. The normalized spacial score (nSPS) is 11.0. The summed E-state index contributed by atoms with van der Waals surface area (Å²) in [5, 5.41) is 2.98. The van der Waals surface area contributed by atoms with E-state index in [1.165, 1.54) is 5.56 Å². The van der Waals surface area contributed by atoms with E-state index in [2.05, 4.69) is 59.5 Å². The van der Waals surface area contributed by atoms with Gasteiger partial charge in [-0.05, 0) is 76.4 Å². The highest BCUT2D eigenvalue weighted by molar-refractivity contribution is 5.94. The van der Waals surface area contributed by atoms with Crippen LogP contribution in [0.5, 0.6) is 5.75 Å². The van der Waals surface area contributed by atoms with Gasteiger partial charge >= 0.3 is 0 Å². The van der Waals surface area contributed by atoms with E-state index in [0.717, 1.165) is 44.8 Å². The molecule has 0 aliphatic carbocycles. The average Bonchev–Trinajstić information content (AvgIpc) is 2.72. The Kier molecular flexibility index (Phi) is 9.52. The molecular weight excluding hydrogens is 350 g/mol. The van der Waals surface area contributed by atoms with E-state index in [4.69, 9.17) is 4.74 Å². The predicted octanol–water partition coefficient (Wildman–Crippen LogP) is 3.27. The molecule has 0 saturated heterocycles. The van der Waals surface area contributed by atoms with Crippen molar-refractivity contribution >= 4 is 5.91 Å². The lowest BCUT2D eigenvalue weighted by molar-refractivity contribution is 0.0952. The van der Waals surface area contributed by atoms with Crippen molar-refractivity contribution in [2.24, 2.45) is 0 Å². The number of methoxy groups -OCH3 is 1. The minimum Gasteiger partial charge on any atom is -0.497 e. The van der Waals surface area contributed by atoms with Crippen molar-refractivity contribution in [1.82, 2.24) is 15.1 Å². The quantitative estimate of drug-likeness (QED) is 0.572. The zero-order valence-electron chi connectivity index (χ0n) is 17.4. The number of nitrogens with one attached hydrogen (secondary N) is 1. The van der Waals surface area contributed by atoms with Crippen LogP contribution in [0.4, 0.5) is 0 Å². The van der Waals surface area contributed by atoms with Crippen LogP contribution in [0.2, 0.25) is 0 Å². The van der Waals surface area contributed by atoms with Gasteiger partial charge in [0, 0.05) is 18.7 Å². The van der Waals surface area contributed by atoms with Crippen LogP contribution in [-0.4, -0.2) is 63.1 Å². The number of hydrogen-bond acceptors (Lipinski definition) is 4. The van der Waals surface area contributed by atoms with Gasteiger partial charge in [0.2, 0.25) is 0 Å². The van der Waals surface area contributed by atoms with E-state index >= 15 is 0 Å². The smallest absolute Gasteiger partial charge is 0.251 e. The molecule has 1 amide bonds. The molecule has 152 valence electrons. The maximum atomic E-state index is 12.1. The fourth-order valence-corrected chi connectivity index (χ4v) is 3.09. The second kappa shape index (κ2) is 12.2. The molecule has 0 radical (unpaired) electrons. The molecule has 2 aromatic rings. The highest BCUT2D eigenvalue weighted by Crippen LogP contribution is 2.11. The van der Waals surface area contributed by atoms with Crippen LogP contribution in [-0.2, 0) is 6.54 Å². The van der Waals surface area contributed by atoms with Gasteiger partial charge in [0.05, 0.1) is 7.11 Å². The lowest BCUT2D eigenvalue weighted by atomic mass is 10.2. The minimum absolute atomic E-state index is 0.0344. The van der Waals surface area contributed by atoms with Crippen molar-refractivity contribution in [3.63, 3.8) is 0 Å². The number of carbonyl (C=O) groups excluding carboxylic acids is 1. The molecule has 1 N–H and O–H groups in total. The van der Waals surface area contributed by atoms with E-state index < -0.39 is 0 Å². The highest BCUT2D eigenvalue weighted by Gasteiger charge is 2.06. The highest BCUT2D eigenvalue weighted by atomic mass is 16.5. The molecule has 0 aliphatic heterocycles. The largest absolute Gasteiger partial charge is 0.497 e. The third-order valence-corrected chi connectivity index (χ3v) is 4.73. The van der Waals surface area contributed by atoms with E-state index in [1.807, 2.05) is 0 Å². The van der Waals surface area contributed by atoms with E-state index in [-0.39, 0.29) is 5.91 Å². The van der Waals surface area contributed by atoms with Crippen LogP contribution >= 0.6 is 0 Å². The van der Waals surface area contributed by atoms with Crippen LogP contribution in [0, 0.1) is 0 Å². The Morgan fingerprint density at radius 2 is 1.54 bits per heavy atom. The standard InChI is InChI=1S/C23H33N3O2/c1-25(17-8-18-26(2)19-20-9-5-4-6-10-20)16-7-15-24-23(27)21-11-13-22(28-3)14-12-21/h4-6,9-14H,7-8,15-19H2,1-3H3,(H,24,27). The Morgan fingerprint density at radius 3 is 2.21 bits per heavy atom. The van der Waals surface area contributed by atoms with Crippen molar-refractivity contribution in [1.29, 1.82) is 0 Å². The third kappa shape index (κ3) is 8.11. The first-order valence-electron chi connectivity index (χ1n) is 9.91. The number of nitrogens with zero attached hydrogens (tertiary/aromatic N) is 2. The summed E-state index contributed by atoms with van der Waals surface area (Å²) in [6.07, 6.45) is 2.08. The zero-order chi connectivity index (χ0) is 20.2. The summed E-state index contributed by atoms with van der Waals surface area (Å²) in [4.78, 5) is 16.8. The monoisotopic (exact) mass is 383 g/mol. The lowest BCUT2D eigenvalue weighted by Crippen LogP contribution is -2.30. The molecule has 0 saturated carbocycles. The molecule has 5 heteroatoms. The first-order chi connectivity index (χ1) is 13.6. The molecule has 28 heavy (non-hydrogen) atoms. The van der Waals surface area contributed by atoms with Gasteiger partial charge in [0.1, 0.15) is 5.75 Å². The Balaban J connectivity index is 1.54. The summed E-state index contributed by atoms with van der Waals surface area (Å²) in [5.74, 6) is 0.723. The molecule has 0 bridgehead atoms. The number of benzene rings is 2. The van der Waals surface area contributed by atoms with Crippen molar-refractivity contribution < 1.29 is 9.53 Å². The number of ether oxygens (including phenoxy) is 1. The molecule has 0 spiro atoms. The summed E-state index contributed by atoms with van der Waals surface area (Å²) in [7, 11) is 5.93. The Bertz CT molecular complexity index is 689. The summed E-state index contributed by atoms with van der Waals surface area (Å²) in [6.45, 7) is 4.79. The molecule has 0 atom stereocenters. The van der Waals surface area contributed by atoms with Gasteiger partial charge in [-0.25, -0.2) is 0 Å². The maximum Gasteiger partial charge on any atom is 0.251 e. The molecule has 0 aromatic heterocycles. The first kappa shape index (κ1) is 21.9. The number of carbonyl (C=O) groups is 1. The number of rotatable bonds is 12. The third-order valence-electron chi connectivity index (χ3n) is 4.73. The molecular formula is C23H33N3O2. The van der Waals surface area contributed by atoms with E-state index in [1.54, 1.807) is 31.4 Å². The average molecular weight is 384 g/mol. The number of hydrogen-bond donors (Lipinski definition) is 1. The molecule has 0 unspecified atom stereocenters. The van der Waals surface area contributed by atoms with Crippen molar-refractivity contribution in [3.8, 4) is 5.75 Å². The van der Waals surface area contributed by atoms with Crippen molar-refractivity contribution in [2.45, 2.75) is 19.4 Å². The zero-order valence-corrected chi connectivity index (χ0v) is 17.4. The van der Waals surface area contributed by atoms with Gasteiger partial charge in [-0.2, -0.15) is 0 Å². The fourth-order valence-electron chi connectivity index (χ4n) is 3.09. The molecule has 0 fully saturated rings. The van der Waals surface area contributed by atoms with Crippen LogP contribution in [0.3, 0.4) is 0 Å². The van der Waals surface area contributed by atoms with Gasteiger partial charge in [0.15, 0.2) is 0 Å². The van der Waals surface area contributed by atoms with Gasteiger partial charge in [-0.1, -0.05) is 30.3 Å². The van der Waals surface area contributed by atoms with Crippen LogP contribution in [0.15, 0.2) is 54.6 Å². The lowest BCUT2D eigenvalue weighted by Gasteiger charge is -2.20. The van der Waals surface area contributed by atoms with Crippen molar-refractivity contribution in [2.75, 3.05) is 47.4 Å². The number of amides is 1. The molecule has 0 heterocycles. The molecule has 2 aromatic carbocycles. The van der Waals surface area contributed by atoms with Crippen LogP contribution in [0.1, 0.15) is 28.8 Å². The molecule has 2 rings (SSSR count). The minimum atomic E-state index is -0.0344. The van der Waals surface area contributed by atoms with Gasteiger partial charge in [-0.15, -0.1) is 0 Å². The maximum absolute atomic E-state index is 12.1. The van der Waals surface area contributed by atoms with Crippen molar-refractivity contribution in [3.05, 3.63) is 65.7 Å². The summed E-state index contributed by atoms with van der Waals surface area (Å²) >= 11 is 0. The van der Waals surface area contributed by atoms with Gasteiger partial charge in [0.25, 0.3) is 5.91 Å². The summed E-state index contributed by atoms with van der Waals surface area (Å²) < 4.78 is 5.11. The second-order valence-electron chi connectivity index (χ2n) is 7.22. The first-order valence-corrected chi connectivity index (χ1v) is 9.91. The predicted molar refractivity (Wildman–Crippen MR) is 115 cm³/mol. The summed E-state index contributed by atoms with van der Waals surface area (Å²) in [5.41, 5.74) is 2.02. The van der Waals surface area contributed by atoms with Gasteiger partial charge < -0.3 is 19.9 Å². The Morgan fingerprint density at radius 1 is 0.893 bits per heavy atom. The van der Waals surface area contributed by atoms with E-state index in [9.17, 15) is 4.79 Å². The second-order valence-corrected chi connectivity index (χ2v) is 7.22. The molecule has 0 aliphatic rings. The Hall–Kier alpha value is -2.37. The van der Waals surface area contributed by atoms with Crippen LogP contribution in [0.25, 0.3) is 0 Å². The van der Waals surface area contributed by atoms with Crippen LogP contribution < -0.4 is 10.1 Å². The Labute approximate surface area is 169 Å². The topological polar surface area (TPSA) is 44.8 Å².